The second-order valence-electron chi connectivity index (χ2n) is 0.793. The van der Waals surface area contributed by atoms with Gasteiger partial charge < -0.3 is 0 Å². The Hall–Kier alpha value is 0.660. The molecule has 42 valence electrons. The molecule has 1 heterocycles. The quantitative estimate of drug-likeness (QED) is 0.660. The second-order valence-corrected chi connectivity index (χ2v) is 1.61. The molecular formula is C4H6Br2S. The molecule has 0 aromatic carbocycles. The maximum Gasteiger partial charge on any atom is -0.00934 e. The summed E-state index contributed by atoms with van der Waals surface area (Å²) in [5.74, 6) is 0. The molecule has 1 rings (SSSR count). The minimum Gasteiger partial charge on any atom is -0.152 e. The van der Waals surface area contributed by atoms with Crippen molar-refractivity contribution in [3.63, 3.8) is 0 Å². The van der Waals surface area contributed by atoms with Gasteiger partial charge in [0.15, 0.2) is 0 Å². The molecule has 0 amide bonds. The molecule has 0 unspecified atom stereocenters. The lowest BCUT2D eigenvalue weighted by molar-refractivity contribution is 2.03. The first-order valence-corrected chi connectivity index (χ1v) is 2.41. The molecule has 0 saturated heterocycles. The van der Waals surface area contributed by atoms with Crippen LogP contribution < -0.4 is 0 Å². The molecule has 0 saturated carbocycles. The Balaban J connectivity index is 0. The highest BCUT2D eigenvalue weighted by Crippen LogP contribution is 1.91. The van der Waals surface area contributed by atoms with Crippen LogP contribution in [-0.2, 0) is 0 Å². The number of thiophene rings is 1. The SMILES string of the molecule is Br.Br.c1ccsc1. The number of hydrogen-bond acceptors (Lipinski definition) is 1. The predicted octanol–water partition coefficient (Wildman–Crippen LogP) is 2.90. The molecule has 1 aromatic heterocycles. The van der Waals surface area contributed by atoms with Gasteiger partial charge in [0.25, 0.3) is 0 Å². The van der Waals surface area contributed by atoms with Crippen molar-refractivity contribution in [2.45, 2.75) is 0 Å². The Bertz CT molecular complexity index is 66.2. The highest BCUT2D eigenvalue weighted by atomic mass is 79.9. The van der Waals surface area contributed by atoms with E-state index in [9.17, 15) is 0 Å². The molecule has 0 atom stereocenters. The number of halogens is 2. The normalized spacial score (nSPS) is 5.71. The molecule has 0 nitrogen and oxygen atoms in total. The van der Waals surface area contributed by atoms with Gasteiger partial charge in [0.05, 0.1) is 0 Å². The van der Waals surface area contributed by atoms with Crippen LogP contribution in [0.2, 0.25) is 0 Å². The highest BCUT2D eigenvalue weighted by Gasteiger charge is 1.58. The summed E-state index contributed by atoms with van der Waals surface area (Å²) < 4.78 is 0. The van der Waals surface area contributed by atoms with Crippen molar-refractivity contribution in [3.05, 3.63) is 22.9 Å². The summed E-state index contributed by atoms with van der Waals surface area (Å²) in [6.07, 6.45) is 0. The molecular weight excluding hydrogens is 240 g/mol. The van der Waals surface area contributed by atoms with Crippen molar-refractivity contribution < 1.29 is 0 Å². The van der Waals surface area contributed by atoms with Crippen molar-refractivity contribution in [2.75, 3.05) is 0 Å². The summed E-state index contributed by atoms with van der Waals surface area (Å²) in [6.45, 7) is 0. The number of hydrogen-bond donors (Lipinski definition) is 0. The molecule has 1 aromatic rings. The fraction of sp³-hybridized carbons (Fsp3) is 0. The molecule has 7 heavy (non-hydrogen) atoms. The Labute approximate surface area is 68.1 Å². The maximum atomic E-state index is 2.04. The van der Waals surface area contributed by atoms with Gasteiger partial charge in [0.2, 0.25) is 0 Å². The van der Waals surface area contributed by atoms with Crippen LogP contribution in [0.5, 0.6) is 0 Å². The zero-order chi connectivity index (χ0) is 3.54. The minimum absolute atomic E-state index is 0. The molecule has 0 aliphatic heterocycles. The fourth-order valence-electron chi connectivity index (χ4n) is 0.227. The smallest absolute Gasteiger partial charge is 0.00934 e. The van der Waals surface area contributed by atoms with Crippen molar-refractivity contribution in [1.29, 1.82) is 0 Å². The van der Waals surface area contributed by atoms with E-state index in [1.165, 1.54) is 0 Å². The molecule has 3 heteroatoms. The van der Waals surface area contributed by atoms with E-state index in [4.69, 9.17) is 0 Å². The van der Waals surface area contributed by atoms with E-state index < -0.39 is 0 Å². The minimum atomic E-state index is 0. The highest BCUT2D eigenvalue weighted by molar-refractivity contribution is 8.93. The van der Waals surface area contributed by atoms with Gasteiger partial charge in [-0.05, 0) is 10.8 Å². The van der Waals surface area contributed by atoms with Gasteiger partial charge in [-0.3, -0.25) is 0 Å². The molecule has 0 N–H and O–H groups in total. The van der Waals surface area contributed by atoms with Crippen molar-refractivity contribution >= 4 is 45.3 Å². The first-order chi connectivity index (χ1) is 2.50. The van der Waals surface area contributed by atoms with Crippen LogP contribution in [0.15, 0.2) is 22.9 Å². The van der Waals surface area contributed by atoms with Gasteiger partial charge in [-0.25, -0.2) is 0 Å². The molecule has 0 bridgehead atoms. The van der Waals surface area contributed by atoms with E-state index in [2.05, 4.69) is 0 Å². The second kappa shape index (κ2) is 6.66. The lowest BCUT2D eigenvalue weighted by Gasteiger charge is -1.39. The largest absolute Gasteiger partial charge is 0.152 e. The Morgan fingerprint density at radius 3 is 1.43 bits per heavy atom. The molecule has 0 radical (unpaired) electrons. The average Bonchev–Trinajstić information content (AvgIpc) is 1.76. The van der Waals surface area contributed by atoms with Gasteiger partial charge >= 0.3 is 0 Å². The molecule has 0 aliphatic carbocycles. The summed E-state index contributed by atoms with van der Waals surface area (Å²) in [7, 11) is 0. The van der Waals surface area contributed by atoms with Gasteiger partial charge in [-0.2, -0.15) is 11.3 Å². The molecule has 0 aliphatic rings. The zero-order valence-corrected chi connectivity index (χ0v) is 7.78. The lowest BCUT2D eigenvalue weighted by Crippen LogP contribution is -1.16. The Morgan fingerprint density at radius 2 is 1.29 bits per heavy atom. The summed E-state index contributed by atoms with van der Waals surface area (Å²) in [5.41, 5.74) is 0. The van der Waals surface area contributed by atoms with E-state index in [1.807, 2.05) is 22.9 Å². The molecule has 0 spiro atoms. The summed E-state index contributed by atoms with van der Waals surface area (Å²) >= 11 is 1.71. The third-order valence-corrected chi connectivity index (χ3v) is 1.05. The van der Waals surface area contributed by atoms with Gasteiger partial charge in [0.1, 0.15) is 0 Å². The maximum absolute atomic E-state index is 2.04. The van der Waals surface area contributed by atoms with Crippen LogP contribution in [0.25, 0.3) is 0 Å². The van der Waals surface area contributed by atoms with Crippen molar-refractivity contribution in [1.82, 2.24) is 0 Å². The van der Waals surface area contributed by atoms with Gasteiger partial charge in [-0.1, -0.05) is 12.1 Å². The standard InChI is InChI=1S/C4H4S.2BrH/c1-2-4-5-3-1;;/h1-4H;2*1H. The summed E-state index contributed by atoms with van der Waals surface area (Å²) in [5, 5.41) is 4.08. The van der Waals surface area contributed by atoms with E-state index >= 15 is 0 Å². The van der Waals surface area contributed by atoms with Gasteiger partial charge in [-0.15, -0.1) is 34.0 Å². The first-order valence-electron chi connectivity index (χ1n) is 1.47. The lowest BCUT2D eigenvalue weighted by atomic mass is 10.7. The molecule has 0 fully saturated rings. The Kier molecular flexibility index (Phi) is 10.1. The monoisotopic (exact) mass is 244 g/mol. The van der Waals surface area contributed by atoms with Gasteiger partial charge in [0, 0.05) is 0 Å². The van der Waals surface area contributed by atoms with Crippen LogP contribution in [0.1, 0.15) is 0 Å². The average molecular weight is 246 g/mol. The number of rotatable bonds is 0. The van der Waals surface area contributed by atoms with E-state index in [1.54, 1.807) is 11.3 Å². The van der Waals surface area contributed by atoms with Crippen LogP contribution in [-0.4, -0.2) is 0 Å². The van der Waals surface area contributed by atoms with E-state index in [0.717, 1.165) is 0 Å². The van der Waals surface area contributed by atoms with E-state index in [0.29, 0.717) is 0 Å². The van der Waals surface area contributed by atoms with E-state index in [-0.39, 0.29) is 34.0 Å². The first kappa shape index (κ1) is 10.6. The van der Waals surface area contributed by atoms with Crippen LogP contribution >= 0.6 is 45.3 Å². The van der Waals surface area contributed by atoms with Crippen molar-refractivity contribution in [2.24, 2.45) is 0 Å². The topological polar surface area (TPSA) is 0 Å². The predicted molar refractivity (Wildman–Crippen MR) is 45.0 cm³/mol. The summed E-state index contributed by atoms with van der Waals surface area (Å²) in [6, 6.07) is 4.04. The van der Waals surface area contributed by atoms with Crippen LogP contribution in [0.3, 0.4) is 0 Å². The third-order valence-electron chi connectivity index (χ3n) is 0.425. The fourth-order valence-corrected chi connectivity index (χ4v) is 0.680. The Morgan fingerprint density at radius 1 is 0.857 bits per heavy atom. The third kappa shape index (κ3) is 4.51. The van der Waals surface area contributed by atoms with Crippen molar-refractivity contribution in [3.8, 4) is 0 Å². The zero-order valence-electron chi connectivity index (χ0n) is 3.53. The van der Waals surface area contributed by atoms with Crippen LogP contribution in [0, 0.1) is 0 Å². The van der Waals surface area contributed by atoms with Crippen LogP contribution in [0.4, 0.5) is 0 Å². The summed E-state index contributed by atoms with van der Waals surface area (Å²) in [4.78, 5) is 0.